The molecule has 0 aromatic heterocycles. The third-order valence-corrected chi connectivity index (χ3v) is 4.00. The van der Waals surface area contributed by atoms with Crippen LogP contribution >= 0.6 is 0 Å². The number of aromatic carboxylic acids is 1. The molecule has 0 atom stereocenters. The molecule has 124 valence electrons. The van der Waals surface area contributed by atoms with Gasteiger partial charge in [0.05, 0.1) is 11.3 Å². The number of hydrogen-bond donors (Lipinski definition) is 2. The summed E-state index contributed by atoms with van der Waals surface area (Å²) >= 11 is 0. The van der Waals surface area contributed by atoms with E-state index in [1.54, 1.807) is 30.3 Å². The van der Waals surface area contributed by atoms with Gasteiger partial charge in [-0.25, -0.2) is 4.79 Å². The highest BCUT2D eigenvalue weighted by molar-refractivity contribution is 6.10. The molecule has 6 heteroatoms. The molecule has 25 heavy (non-hydrogen) atoms. The van der Waals surface area contributed by atoms with Crippen molar-refractivity contribution >= 4 is 28.3 Å². The summed E-state index contributed by atoms with van der Waals surface area (Å²) in [5.41, 5.74) is 0.635. The van der Waals surface area contributed by atoms with E-state index < -0.39 is 11.9 Å². The lowest BCUT2D eigenvalue weighted by Crippen LogP contribution is -2.14. The lowest BCUT2D eigenvalue weighted by molar-refractivity contribution is 0.0698. The summed E-state index contributed by atoms with van der Waals surface area (Å²) in [6, 6.07) is 15.4. The Bertz CT molecular complexity index is 1010. The van der Waals surface area contributed by atoms with Gasteiger partial charge in [-0.3, -0.25) is 4.79 Å². The summed E-state index contributed by atoms with van der Waals surface area (Å²) in [5.74, 6) is -0.457. The highest BCUT2D eigenvalue weighted by Gasteiger charge is 2.18. The molecular formula is C19H13NO5. The van der Waals surface area contributed by atoms with E-state index in [4.69, 9.17) is 9.47 Å². The molecule has 3 aromatic carbocycles. The van der Waals surface area contributed by atoms with E-state index >= 15 is 0 Å². The fourth-order valence-corrected chi connectivity index (χ4v) is 2.75. The van der Waals surface area contributed by atoms with E-state index in [0.29, 0.717) is 17.1 Å². The Labute approximate surface area is 142 Å². The van der Waals surface area contributed by atoms with Crippen molar-refractivity contribution in [3.63, 3.8) is 0 Å². The van der Waals surface area contributed by atoms with Crippen molar-refractivity contribution in [1.82, 2.24) is 0 Å². The Kier molecular flexibility index (Phi) is 3.50. The molecule has 0 radical (unpaired) electrons. The van der Waals surface area contributed by atoms with E-state index in [1.165, 1.54) is 0 Å². The first kappa shape index (κ1) is 15.0. The molecule has 6 nitrogen and oxygen atoms in total. The number of carbonyl (C=O) groups is 2. The van der Waals surface area contributed by atoms with Gasteiger partial charge in [0.1, 0.15) is 0 Å². The van der Waals surface area contributed by atoms with Crippen LogP contribution in [0.15, 0.2) is 54.6 Å². The number of carboxylic acid groups (broad SMARTS) is 1. The minimum Gasteiger partial charge on any atom is -0.478 e. The quantitative estimate of drug-likeness (QED) is 0.765. The SMILES string of the molecule is O=C(Nc1cc2ccccc2cc1C(=O)O)c1ccc2c(c1)OCO2. The number of nitrogens with one attached hydrogen (secondary N) is 1. The predicted molar refractivity (Wildman–Crippen MR) is 91.4 cm³/mol. The lowest BCUT2D eigenvalue weighted by Gasteiger charge is -2.11. The van der Waals surface area contributed by atoms with Crippen molar-refractivity contribution in [3.05, 3.63) is 65.7 Å². The third kappa shape index (κ3) is 2.74. The molecule has 1 aliphatic heterocycles. The highest BCUT2D eigenvalue weighted by atomic mass is 16.7. The Morgan fingerprint density at radius 3 is 2.40 bits per heavy atom. The Hall–Kier alpha value is -3.54. The zero-order valence-corrected chi connectivity index (χ0v) is 13.0. The second kappa shape index (κ2) is 5.83. The number of benzene rings is 3. The molecule has 3 aromatic rings. The monoisotopic (exact) mass is 335 g/mol. The molecule has 0 saturated heterocycles. The van der Waals surface area contributed by atoms with Crippen LogP contribution in [0.3, 0.4) is 0 Å². The maximum atomic E-state index is 12.5. The smallest absolute Gasteiger partial charge is 0.337 e. The number of carboxylic acids is 1. The van der Waals surface area contributed by atoms with Crippen LogP contribution in [0.1, 0.15) is 20.7 Å². The topological polar surface area (TPSA) is 84.9 Å². The molecule has 1 aliphatic rings. The Balaban J connectivity index is 1.70. The number of hydrogen-bond acceptors (Lipinski definition) is 4. The predicted octanol–water partition coefficient (Wildman–Crippen LogP) is 3.52. The van der Waals surface area contributed by atoms with Gasteiger partial charge >= 0.3 is 5.97 Å². The van der Waals surface area contributed by atoms with Crippen LogP contribution in [-0.4, -0.2) is 23.8 Å². The van der Waals surface area contributed by atoms with E-state index in [1.807, 2.05) is 24.3 Å². The van der Waals surface area contributed by atoms with E-state index in [-0.39, 0.29) is 18.0 Å². The second-order valence-electron chi connectivity index (χ2n) is 5.57. The first-order valence-corrected chi connectivity index (χ1v) is 7.59. The molecule has 0 saturated carbocycles. The Morgan fingerprint density at radius 2 is 1.64 bits per heavy atom. The maximum Gasteiger partial charge on any atom is 0.337 e. The van der Waals surface area contributed by atoms with Gasteiger partial charge in [0, 0.05) is 5.56 Å². The summed E-state index contributed by atoms with van der Waals surface area (Å²) in [6.07, 6.45) is 0. The second-order valence-corrected chi connectivity index (χ2v) is 5.57. The first-order valence-electron chi connectivity index (χ1n) is 7.59. The van der Waals surface area contributed by atoms with Crippen LogP contribution in [0, 0.1) is 0 Å². The van der Waals surface area contributed by atoms with Crippen LogP contribution < -0.4 is 14.8 Å². The van der Waals surface area contributed by atoms with Gasteiger partial charge in [0.2, 0.25) is 6.79 Å². The average Bonchev–Trinajstić information content (AvgIpc) is 3.08. The summed E-state index contributed by atoms with van der Waals surface area (Å²) in [5, 5.41) is 13.8. The van der Waals surface area contributed by atoms with E-state index in [9.17, 15) is 14.7 Å². The zero-order chi connectivity index (χ0) is 17.4. The summed E-state index contributed by atoms with van der Waals surface area (Å²) in [6.45, 7) is 0.119. The summed E-state index contributed by atoms with van der Waals surface area (Å²) in [7, 11) is 0. The molecular weight excluding hydrogens is 322 g/mol. The van der Waals surface area contributed by atoms with Crippen molar-refractivity contribution in [2.75, 3.05) is 12.1 Å². The highest BCUT2D eigenvalue weighted by Crippen LogP contribution is 2.33. The van der Waals surface area contributed by atoms with Gasteiger partial charge in [0.15, 0.2) is 11.5 Å². The summed E-state index contributed by atoms with van der Waals surface area (Å²) < 4.78 is 10.5. The fraction of sp³-hybridized carbons (Fsp3) is 0.0526. The molecule has 1 amide bonds. The standard InChI is InChI=1S/C19H13NO5/c21-18(13-5-6-16-17(9-13)25-10-24-16)20-15-8-12-4-2-1-3-11(12)7-14(15)19(22)23/h1-9H,10H2,(H,20,21)(H,22,23). The van der Waals surface area contributed by atoms with Gasteiger partial charge in [-0.15, -0.1) is 0 Å². The van der Waals surface area contributed by atoms with Crippen molar-refractivity contribution in [2.45, 2.75) is 0 Å². The van der Waals surface area contributed by atoms with Gasteiger partial charge < -0.3 is 19.9 Å². The normalized spacial score (nSPS) is 12.2. The van der Waals surface area contributed by atoms with Crippen molar-refractivity contribution in [2.24, 2.45) is 0 Å². The van der Waals surface area contributed by atoms with Crippen LogP contribution in [0.2, 0.25) is 0 Å². The lowest BCUT2D eigenvalue weighted by atomic mass is 10.0. The first-order chi connectivity index (χ1) is 12.1. The van der Waals surface area contributed by atoms with Gasteiger partial charge in [-0.2, -0.15) is 0 Å². The minimum absolute atomic E-state index is 0.0350. The number of rotatable bonds is 3. The van der Waals surface area contributed by atoms with Gasteiger partial charge in [-0.1, -0.05) is 24.3 Å². The van der Waals surface area contributed by atoms with Crippen molar-refractivity contribution in [3.8, 4) is 11.5 Å². The minimum atomic E-state index is -1.10. The van der Waals surface area contributed by atoms with Gasteiger partial charge in [0.25, 0.3) is 5.91 Å². The molecule has 4 rings (SSSR count). The van der Waals surface area contributed by atoms with Crippen LogP contribution in [-0.2, 0) is 0 Å². The molecule has 0 fully saturated rings. The molecule has 0 bridgehead atoms. The number of anilines is 1. The number of fused-ring (bicyclic) bond motifs is 2. The average molecular weight is 335 g/mol. The van der Waals surface area contributed by atoms with E-state index in [2.05, 4.69) is 5.32 Å². The largest absolute Gasteiger partial charge is 0.478 e. The van der Waals surface area contributed by atoms with Gasteiger partial charge in [-0.05, 0) is 41.1 Å². The molecule has 0 unspecified atom stereocenters. The van der Waals surface area contributed by atoms with E-state index in [0.717, 1.165) is 10.8 Å². The Morgan fingerprint density at radius 1 is 0.920 bits per heavy atom. The fourth-order valence-electron chi connectivity index (χ4n) is 2.75. The molecule has 0 spiro atoms. The molecule has 2 N–H and O–H groups in total. The van der Waals surface area contributed by atoms with Crippen molar-refractivity contribution in [1.29, 1.82) is 0 Å². The number of amides is 1. The van der Waals surface area contributed by atoms with Crippen molar-refractivity contribution < 1.29 is 24.2 Å². The number of carbonyl (C=O) groups excluding carboxylic acids is 1. The molecule has 0 aliphatic carbocycles. The maximum absolute atomic E-state index is 12.5. The zero-order valence-electron chi connectivity index (χ0n) is 13.0. The third-order valence-electron chi connectivity index (χ3n) is 4.00. The number of ether oxygens (including phenoxy) is 2. The summed E-state index contributed by atoms with van der Waals surface area (Å²) in [4.78, 5) is 24.1. The van der Waals surface area contributed by atoms with Crippen LogP contribution in [0.25, 0.3) is 10.8 Å². The van der Waals surface area contributed by atoms with Crippen LogP contribution in [0.5, 0.6) is 11.5 Å². The van der Waals surface area contributed by atoms with Crippen LogP contribution in [0.4, 0.5) is 5.69 Å². The molecule has 1 heterocycles.